The van der Waals surface area contributed by atoms with Crippen molar-refractivity contribution in [2.75, 3.05) is 6.54 Å². The summed E-state index contributed by atoms with van der Waals surface area (Å²) in [4.78, 5) is 25.9. The predicted octanol–water partition coefficient (Wildman–Crippen LogP) is 0.919. The molecular weight excluding hydrogens is 258 g/mol. The van der Waals surface area contributed by atoms with Crippen molar-refractivity contribution in [1.29, 1.82) is 0 Å². The van der Waals surface area contributed by atoms with Crippen molar-refractivity contribution >= 4 is 11.8 Å². The van der Waals surface area contributed by atoms with Crippen LogP contribution in [0.2, 0.25) is 0 Å². The molecule has 1 atom stereocenters. The minimum atomic E-state index is -0.219. The number of carbonyl (C=O) groups excluding carboxylic acids is 2. The van der Waals surface area contributed by atoms with E-state index in [0.29, 0.717) is 25.6 Å². The number of likely N-dealkylation sites (tertiary alicyclic amines) is 1. The number of aryl methyl sites for hydroxylation is 2. The molecule has 2 heterocycles. The van der Waals surface area contributed by atoms with E-state index in [4.69, 9.17) is 4.52 Å². The summed E-state index contributed by atoms with van der Waals surface area (Å²) in [6.45, 7) is 4.66. The van der Waals surface area contributed by atoms with Crippen LogP contribution in [-0.2, 0) is 16.1 Å². The Bertz CT molecular complexity index is 528. The van der Waals surface area contributed by atoms with Crippen LogP contribution in [0, 0.1) is 19.8 Å². The highest BCUT2D eigenvalue weighted by Gasteiger charge is 2.41. The fourth-order valence-electron chi connectivity index (χ4n) is 2.72. The fraction of sp³-hybridized carbons (Fsp3) is 0.643. The van der Waals surface area contributed by atoms with Crippen LogP contribution in [0.1, 0.15) is 36.3 Å². The molecular formula is C14H19N3O3. The number of nitrogens with one attached hydrogen (secondary N) is 1. The second-order valence-electron chi connectivity index (χ2n) is 5.70. The van der Waals surface area contributed by atoms with Gasteiger partial charge >= 0.3 is 0 Å². The van der Waals surface area contributed by atoms with Gasteiger partial charge in [0.15, 0.2) is 0 Å². The molecule has 1 saturated carbocycles. The van der Waals surface area contributed by atoms with Gasteiger partial charge in [-0.1, -0.05) is 5.16 Å². The Labute approximate surface area is 117 Å². The number of rotatable bonds is 4. The maximum atomic E-state index is 12.2. The van der Waals surface area contributed by atoms with Crippen LogP contribution in [-0.4, -0.2) is 34.5 Å². The molecule has 2 fully saturated rings. The third-order valence-corrected chi connectivity index (χ3v) is 4.14. The Morgan fingerprint density at radius 3 is 2.80 bits per heavy atom. The van der Waals surface area contributed by atoms with Gasteiger partial charge in [0, 0.05) is 31.1 Å². The molecule has 1 aromatic heterocycles. The van der Waals surface area contributed by atoms with Crippen molar-refractivity contribution in [3.05, 3.63) is 17.0 Å². The third kappa shape index (κ3) is 2.42. The summed E-state index contributed by atoms with van der Waals surface area (Å²) < 4.78 is 5.06. The molecule has 0 aromatic carbocycles. The quantitative estimate of drug-likeness (QED) is 0.888. The summed E-state index contributed by atoms with van der Waals surface area (Å²) >= 11 is 0. The fourth-order valence-corrected chi connectivity index (χ4v) is 2.72. The van der Waals surface area contributed by atoms with Gasteiger partial charge in [0.1, 0.15) is 5.76 Å². The zero-order valence-corrected chi connectivity index (χ0v) is 11.8. The molecule has 3 rings (SSSR count). The molecule has 0 radical (unpaired) electrons. The second-order valence-corrected chi connectivity index (χ2v) is 5.70. The van der Waals surface area contributed by atoms with Gasteiger partial charge in [-0.25, -0.2) is 0 Å². The SMILES string of the molecule is Cc1noc(C)c1CNC(=O)[C@H]1CC(=O)N(C2CC2)C1. The Morgan fingerprint density at radius 2 is 2.20 bits per heavy atom. The van der Waals surface area contributed by atoms with Crippen molar-refractivity contribution in [3.63, 3.8) is 0 Å². The molecule has 2 aliphatic rings. The molecule has 0 bridgehead atoms. The maximum Gasteiger partial charge on any atom is 0.225 e. The minimum absolute atomic E-state index is 0.0542. The van der Waals surface area contributed by atoms with E-state index in [1.807, 2.05) is 18.7 Å². The second kappa shape index (κ2) is 4.92. The van der Waals surface area contributed by atoms with Gasteiger partial charge in [0.2, 0.25) is 11.8 Å². The zero-order chi connectivity index (χ0) is 14.3. The van der Waals surface area contributed by atoms with Crippen molar-refractivity contribution in [2.45, 2.75) is 45.7 Å². The number of amides is 2. The standard InChI is InChI=1S/C14H19N3O3/c1-8-12(9(2)20-16-8)6-15-14(19)10-5-13(18)17(7-10)11-3-4-11/h10-11H,3-7H2,1-2H3,(H,15,19)/t10-/m0/s1. The molecule has 1 saturated heterocycles. The number of aromatic nitrogens is 1. The summed E-state index contributed by atoms with van der Waals surface area (Å²) in [5.41, 5.74) is 1.71. The van der Waals surface area contributed by atoms with Gasteiger partial charge in [-0.2, -0.15) is 0 Å². The van der Waals surface area contributed by atoms with Gasteiger partial charge < -0.3 is 14.7 Å². The monoisotopic (exact) mass is 277 g/mol. The van der Waals surface area contributed by atoms with E-state index in [1.165, 1.54) is 0 Å². The lowest BCUT2D eigenvalue weighted by Crippen LogP contribution is -2.33. The third-order valence-electron chi connectivity index (χ3n) is 4.14. The zero-order valence-electron chi connectivity index (χ0n) is 11.8. The summed E-state index contributed by atoms with van der Waals surface area (Å²) in [7, 11) is 0. The largest absolute Gasteiger partial charge is 0.361 e. The summed E-state index contributed by atoms with van der Waals surface area (Å²) in [6, 6.07) is 0.392. The van der Waals surface area contributed by atoms with Crippen LogP contribution in [0.15, 0.2) is 4.52 Å². The van der Waals surface area contributed by atoms with Crippen molar-refractivity contribution in [2.24, 2.45) is 5.92 Å². The van der Waals surface area contributed by atoms with Crippen molar-refractivity contribution < 1.29 is 14.1 Å². The van der Waals surface area contributed by atoms with Crippen molar-refractivity contribution in [3.8, 4) is 0 Å². The average molecular weight is 277 g/mol. The van der Waals surface area contributed by atoms with Crippen LogP contribution in [0.3, 0.4) is 0 Å². The first-order valence-electron chi connectivity index (χ1n) is 7.05. The molecule has 0 spiro atoms. The molecule has 20 heavy (non-hydrogen) atoms. The minimum Gasteiger partial charge on any atom is -0.361 e. The lowest BCUT2D eigenvalue weighted by molar-refractivity contribution is -0.129. The van der Waals surface area contributed by atoms with E-state index in [2.05, 4.69) is 10.5 Å². The summed E-state index contributed by atoms with van der Waals surface area (Å²) in [6.07, 6.45) is 2.50. The van der Waals surface area contributed by atoms with Gasteiger partial charge in [-0.15, -0.1) is 0 Å². The summed E-state index contributed by atoms with van der Waals surface area (Å²) in [5.74, 6) is 0.569. The Kier molecular flexibility index (Phi) is 3.23. The normalized spacial score (nSPS) is 22.4. The van der Waals surface area contributed by atoms with Gasteiger partial charge in [0.05, 0.1) is 11.6 Å². The maximum absolute atomic E-state index is 12.2. The Balaban J connectivity index is 1.56. The number of hydrogen-bond acceptors (Lipinski definition) is 4. The molecule has 6 nitrogen and oxygen atoms in total. The Hall–Kier alpha value is -1.85. The van der Waals surface area contributed by atoms with Crippen LogP contribution in [0.4, 0.5) is 0 Å². The highest BCUT2D eigenvalue weighted by atomic mass is 16.5. The summed E-state index contributed by atoms with van der Waals surface area (Å²) in [5, 5.41) is 6.75. The predicted molar refractivity (Wildman–Crippen MR) is 70.7 cm³/mol. The first-order chi connectivity index (χ1) is 9.56. The molecule has 108 valence electrons. The molecule has 0 unspecified atom stereocenters. The lowest BCUT2D eigenvalue weighted by atomic mass is 10.1. The molecule has 1 aliphatic heterocycles. The molecule has 1 aromatic rings. The highest BCUT2D eigenvalue weighted by Crippen LogP contribution is 2.32. The number of carbonyl (C=O) groups is 2. The van der Waals surface area contributed by atoms with Crippen LogP contribution >= 0.6 is 0 Å². The van der Waals surface area contributed by atoms with Crippen LogP contribution in [0.5, 0.6) is 0 Å². The Morgan fingerprint density at radius 1 is 1.45 bits per heavy atom. The van der Waals surface area contributed by atoms with E-state index >= 15 is 0 Å². The lowest BCUT2D eigenvalue weighted by Gasteiger charge is -2.15. The molecule has 1 N–H and O–H groups in total. The van der Waals surface area contributed by atoms with Crippen molar-refractivity contribution in [1.82, 2.24) is 15.4 Å². The molecule has 2 amide bonds. The average Bonchev–Trinajstić information content (AvgIpc) is 3.11. The topological polar surface area (TPSA) is 75.4 Å². The van der Waals surface area contributed by atoms with E-state index in [1.54, 1.807) is 0 Å². The molecule has 1 aliphatic carbocycles. The van der Waals surface area contributed by atoms with Crippen LogP contribution < -0.4 is 5.32 Å². The number of nitrogens with zero attached hydrogens (tertiary/aromatic N) is 2. The van der Waals surface area contributed by atoms with E-state index in [9.17, 15) is 9.59 Å². The molecule has 6 heteroatoms. The number of hydrogen-bond donors (Lipinski definition) is 1. The van der Waals surface area contributed by atoms with E-state index in [0.717, 1.165) is 29.9 Å². The smallest absolute Gasteiger partial charge is 0.225 e. The van der Waals surface area contributed by atoms with Gasteiger partial charge in [-0.05, 0) is 26.7 Å². The first-order valence-corrected chi connectivity index (χ1v) is 7.05. The van der Waals surface area contributed by atoms with Crippen LogP contribution in [0.25, 0.3) is 0 Å². The van der Waals surface area contributed by atoms with Gasteiger partial charge in [0.25, 0.3) is 0 Å². The van der Waals surface area contributed by atoms with E-state index < -0.39 is 0 Å². The highest BCUT2D eigenvalue weighted by molar-refractivity contribution is 5.89. The first kappa shape index (κ1) is 13.1. The van der Waals surface area contributed by atoms with E-state index in [-0.39, 0.29) is 17.7 Å². The van der Waals surface area contributed by atoms with Gasteiger partial charge in [-0.3, -0.25) is 9.59 Å².